The molecule has 6 nitrogen and oxygen atoms in total. The standard InChI is InChI=1S/C17H14F3N3O3S2/c1-27(24)14-8-4-2-6-11(14)13-10-16(17(18,19)20)22-23(13)12-7-3-5-9-15(12)28(21,25)26/h2-10H,1H3,(H2,21,25,26). The average Bonchev–Trinajstić information content (AvgIpc) is 3.06. The topological polar surface area (TPSA) is 101 Å². The number of nitrogens with two attached hydrogens (primary N) is 1. The van der Waals surface area contributed by atoms with E-state index in [1.54, 1.807) is 12.1 Å². The van der Waals surface area contributed by atoms with E-state index >= 15 is 0 Å². The molecule has 28 heavy (non-hydrogen) atoms. The molecule has 1 heterocycles. The van der Waals surface area contributed by atoms with Crippen molar-refractivity contribution in [2.24, 2.45) is 5.14 Å². The minimum absolute atomic E-state index is 0.0609. The minimum atomic E-state index is -4.77. The van der Waals surface area contributed by atoms with Crippen molar-refractivity contribution >= 4 is 21.2 Å². The SMILES string of the molecule is C[S+]([O-])c1ccccc1-c1cc(C(F)(F)F)nn1-c1ccccc1S(N)(=O)=O. The first kappa shape index (κ1) is 20.4. The smallest absolute Gasteiger partial charge is 0.435 e. The molecule has 0 radical (unpaired) electrons. The van der Waals surface area contributed by atoms with Crippen LogP contribution in [0.3, 0.4) is 0 Å². The maximum Gasteiger partial charge on any atom is 0.435 e. The average molecular weight is 429 g/mol. The van der Waals surface area contributed by atoms with Gasteiger partial charge in [-0.05, 0) is 41.5 Å². The fraction of sp³-hybridized carbons (Fsp3) is 0.118. The molecular formula is C17H14F3N3O3S2. The molecule has 0 aliphatic heterocycles. The molecule has 2 aromatic carbocycles. The molecule has 0 aliphatic carbocycles. The molecular weight excluding hydrogens is 415 g/mol. The molecule has 0 aliphatic rings. The number of para-hydroxylation sites is 1. The number of hydrogen-bond donors (Lipinski definition) is 1. The second-order valence-corrected chi connectivity index (χ2v) is 8.67. The molecule has 2 N–H and O–H groups in total. The van der Waals surface area contributed by atoms with Crippen molar-refractivity contribution in [3.63, 3.8) is 0 Å². The Hall–Kier alpha value is -2.34. The van der Waals surface area contributed by atoms with Crippen LogP contribution in [-0.2, 0) is 27.4 Å². The second kappa shape index (κ2) is 7.24. The summed E-state index contributed by atoms with van der Waals surface area (Å²) in [6, 6.07) is 12.3. The lowest BCUT2D eigenvalue weighted by Crippen LogP contribution is -2.16. The van der Waals surface area contributed by atoms with Crippen molar-refractivity contribution in [1.29, 1.82) is 0 Å². The molecule has 0 fully saturated rings. The molecule has 148 valence electrons. The number of benzene rings is 2. The molecule has 1 aromatic heterocycles. The van der Waals surface area contributed by atoms with E-state index in [-0.39, 0.29) is 26.7 Å². The van der Waals surface area contributed by atoms with E-state index in [2.05, 4.69) is 5.10 Å². The molecule has 11 heteroatoms. The highest BCUT2D eigenvalue weighted by atomic mass is 32.2. The van der Waals surface area contributed by atoms with E-state index in [4.69, 9.17) is 5.14 Å². The lowest BCUT2D eigenvalue weighted by atomic mass is 10.1. The highest BCUT2D eigenvalue weighted by molar-refractivity contribution is 7.90. The van der Waals surface area contributed by atoms with Gasteiger partial charge in [-0.3, -0.25) is 0 Å². The molecule has 1 unspecified atom stereocenters. The quantitative estimate of drug-likeness (QED) is 0.645. The van der Waals surface area contributed by atoms with Crippen molar-refractivity contribution in [3.8, 4) is 16.9 Å². The van der Waals surface area contributed by atoms with Gasteiger partial charge < -0.3 is 4.55 Å². The van der Waals surface area contributed by atoms with Gasteiger partial charge in [0.15, 0.2) is 10.6 Å². The van der Waals surface area contributed by atoms with Gasteiger partial charge in [-0.25, -0.2) is 18.2 Å². The predicted molar refractivity (Wildman–Crippen MR) is 97.7 cm³/mol. The fourth-order valence-corrected chi connectivity index (χ4v) is 4.16. The monoisotopic (exact) mass is 429 g/mol. The first-order chi connectivity index (χ1) is 13.0. The van der Waals surface area contributed by atoms with E-state index in [0.29, 0.717) is 0 Å². The van der Waals surface area contributed by atoms with Gasteiger partial charge in [0, 0.05) is 0 Å². The van der Waals surface area contributed by atoms with E-state index < -0.39 is 33.1 Å². The predicted octanol–water partition coefficient (Wildman–Crippen LogP) is 2.94. The van der Waals surface area contributed by atoms with Gasteiger partial charge in [-0.2, -0.15) is 18.3 Å². The van der Waals surface area contributed by atoms with Crippen molar-refractivity contribution in [2.45, 2.75) is 16.0 Å². The normalized spacial score (nSPS) is 13.5. The van der Waals surface area contributed by atoms with E-state index in [9.17, 15) is 26.1 Å². The van der Waals surface area contributed by atoms with Gasteiger partial charge >= 0.3 is 6.18 Å². The summed E-state index contributed by atoms with van der Waals surface area (Å²) in [6.07, 6.45) is -3.38. The third kappa shape index (κ3) is 3.92. The number of rotatable bonds is 4. The van der Waals surface area contributed by atoms with Gasteiger partial charge in [0.05, 0.1) is 16.9 Å². The summed E-state index contributed by atoms with van der Waals surface area (Å²) in [4.78, 5) is -0.103. The molecule has 3 aromatic rings. The zero-order chi connectivity index (χ0) is 20.7. The summed E-state index contributed by atoms with van der Waals surface area (Å²) in [5.41, 5.74) is -1.19. The van der Waals surface area contributed by atoms with Crippen LogP contribution in [0, 0.1) is 0 Å². The number of halogens is 3. The minimum Gasteiger partial charge on any atom is -0.612 e. The third-order valence-corrected chi connectivity index (χ3v) is 5.81. The van der Waals surface area contributed by atoms with Crippen LogP contribution in [0.1, 0.15) is 5.69 Å². The lowest BCUT2D eigenvalue weighted by Gasteiger charge is -2.14. The van der Waals surface area contributed by atoms with Gasteiger partial charge in [0.25, 0.3) is 0 Å². The van der Waals surface area contributed by atoms with Gasteiger partial charge in [0.1, 0.15) is 11.2 Å². The van der Waals surface area contributed by atoms with E-state index in [1.807, 2.05) is 0 Å². The number of primary sulfonamides is 1. The summed E-state index contributed by atoms with van der Waals surface area (Å²) in [5.74, 6) is 0. The fourth-order valence-electron chi connectivity index (χ4n) is 2.70. The Bertz CT molecular complexity index is 1130. The van der Waals surface area contributed by atoms with Crippen molar-refractivity contribution < 1.29 is 26.1 Å². The first-order valence-corrected chi connectivity index (χ1v) is 10.8. The Morgan fingerprint density at radius 2 is 1.71 bits per heavy atom. The van der Waals surface area contributed by atoms with Crippen LogP contribution >= 0.6 is 0 Å². The Morgan fingerprint density at radius 3 is 2.32 bits per heavy atom. The Labute approximate surface area is 162 Å². The molecule has 1 atom stereocenters. The number of alkyl halides is 3. The molecule has 3 rings (SSSR count). The Balaban J connectivity index is 2.38. The maximum absolute atomic E-state index is 13.3. The lowest BCUT2D eigenvalue weighted by molar-refractivity contribution is -0.141. The van der Waals surface area contributed by atoms with Crippen molar-refractivity contribution in [1.82, 2.24) is 9.78 Å². The maximum atomic E-state index is 13.3. The van der Waals surface area contributed by atoms with Crippen LogP contribution in [0.5, 0.6) is 0 Å². The van der Waals surface area contributed by atoms with Crippen LogP contribution in [0.15, 0.2) is 64.4 Å². The van der Waals surface area contributed by atoms with Gasteiger partial charge in [0.2, 0.25) is 10.0 Å². The number of hydrogen-bond acceptors (Lipinski definition) is 4. The molecule has 0 amide bonds. The van der Waals surface area contributed by atoms with Crippen molar-refractivity contribution in [2.75, 3.05) is 6.26 Å². The van der Waals surface area contributed by atoms with E-state index in [1.165, 1.54) is 42.7 Å². The largest absolute Gasteiger partial charge is 0.612 e. The van der Waals surface area contributed by atoms with Crippen molar-refractivity contribution in [3.05, 3.63) is 60.3 Å². The Morgan fingerprint density at radius 1 is 1.11 bits per heavy atom. The van der Waals surface area contributed by atoms with Crippen LogP contribution in [0.2, 0.25) is 0 Å². The van der Waals surface area contributed by atoms with Crippen LogP contribution in [0.25, 0.3) is 16.9 Å². The van der Waals surface area contributed by atoms with Crippen LogP contribution < -0.4 is 5.14 Å². The first-order valence-electron chi connectivity index (χ1n) is 7.72. The molecule has 0 bridgehead atoms. The third-order valence-electron chi connectivity index (χ3n) is 3.87. The van der Waals surface area contributed by atoms with Gasteiger partial charge in [-0.15, -0.1) is 0 Å². The Kier molecular flexibility index (Phi) is 5.28. The summed E-state index contributed by atoms with van der Waals surface area (Å²) in [5, 5.41) is 8.79. The summed E-state index contributed by atoms with van der Waals surface area (Å²) in [6.45, 7) is 0. The summed E-state index contributed by atoms with van der Waals surface area (Å²) < 4.78 is 76.7. The number of aromatic nitrogens is 2. The van der Waals surface area contributed by atoms with E-state index in [0.717, 1.165) is 10.7 Å². The molecule has 0 spiro atoms. The van der Waals surface area contributed by atoms with Gasteiger partial charge in [-0.1, -0.05) is 24.3 Å². The highest BCUT2D eigenvalue weighted by Crippen LogP contribution is 2.36. The van der Waals surface area contributed by atoms with Crippen LogP contribution in [0.4, 0.5) is 13.2 Å². The zero-order valence-electron chi connectivity index (χ0n) is 14.3. The second-order valence-electron chi connectivity index (χ2n) is 5.79. The summed E-state index contributed by atoms with van der Waals surface area (Å²) in [7, 11) is -4.24. The molecule has 0 saturated heterocycles. The number of nitrogens with zero attached hydrogens (tertiary/aromatic N) is 2. The van der Waals surface area contributed by atoms with Crippen LogP contribution in [-0.4, -0.2) is 29.0 Å². The highest BCUT2D eigenvalue weighted by Gasteiger charge is 2.36. The summed E-state index contributed by atoms with van der Waals surface area (Å²) >= 11 is -1.51. The number of sulfonamides is 1. The molecule has 0 saturated carbocycles. The zero-order valence-corrected chi connectivity index (χ0v) is 16.0.